The minimum Gasteiger partial charge on any atom is -0.442 e. The Bertz CT molecular complexity index is 788. The smallest absolute Gasteiger partial charge is 0.414 e. The van der Waals surface area contributed by atoms with Crippen LogP contribution in [0, 0.1) is 11.2 Å². The molecular formula is C18H23FN6O4. The van der Waals surface area contributed by atoms with E-state index in [1.165, 1.54) is 35.1 Å². The molecule has 1 atom stereocenters. The number of nitrogens with zero attached hydrogens (tertiary/aromatic N) is 3. The van der Waals surface area contributed by atoms with Gasteiger partial charge >= 0.3 is 6.09 Å². The molecule has 0 spiro atoms. The van der Waals surface area contributed by atoms with Gasteiger partial charge in [-0.05, 0) is 24.3 Å². The van der Waals surface area contributed by atoms with Gasteiger partial charge in [-0.25, -0.2) is 14.7 Å². The average molecular weight is 406 g/mol. The van der Waals surface area contributed by atoms with E-state index in [2.05, 4.69) is 22.4 Å². The number of carbonyl (C=O) groups excluding carboxylic acids is 2. The SMILES string of the molecule is C=CC(=NCC1CN(c2ccc(N(C=N)CCNC=O)c(F)c2)C(=O)O1)NOC. The zero-order valence-corrected chi connectivity index (χ0v) is 15.9. The number of cyclic esters (lactones) is 1. The largest absolute Gasteiger partial charge is 0.442 e. The van der Waals surface area contributed by atoms with Crippen molar-refractivity contribution in [3.05, 3.63) is 36.7 Å². The number of benzene rings is 1. The molecule has 2 amide bonds. The van der Waals surface area contributed by atoms with Crippen molar-refractivity contribution in [2.24, 2.45) is 4.99 Å². The van der Waals surface area contributed by atoms with E-state index < -0.39 is 18.0 Å². The number of carbonyl (C=O) groups is 2. The topological polar surface area (TPSA) is 119 Å². The summed E-state index contributed by atoms with van der Waals surface area (Å²) in [6.07, 6.45) is 1.85. The highest BCUT2D eigenvalue weighted by Gasteiger charge is 2.32. The van der Waals surface area contributed by atoms with Crippen LogP contribution in [-0.2, 0) is 14.4 Å². The molecule has 11 heteroatoms. The molecule has 1 aromatic rings. The predicted molar refractivity (Wildman–Crippen MR) is 107 cm³/mol. The van der Waals surface area contributed by atoms with E-state index in [9.17, 15) is 14.0 Å². The zero-order chi connectivity index (χ0) is 21.2. The quantitative estimate of drug-likeness (QED) is 0.166. The van der Waals surface area contributed by atoms with Gasteiger partial charge in [0.05, 0.1) is 37.9 Å². The fraction of sp³-hybridized carbons (Fsp3) is 0.333. The third-order valence-electron chi connectivity index (χ3n) is 4.03. The zero-order valence-electron chi connectivity index (χ0n) is 15.9. The third kappa shape index (κ3) is 5.75. The van der Waals surface area contributed by atoms with E-state index >= 15 is 0 Å². The van der Waals surface area contributed by atoms with Crippen molar-refractivity contribution in [1.82, 2.24) is 10.8 Å². The number of hydrogen-bond donors (Lipinski definition) is 3. The van der Waals surface area contributed by atoms with Crippen LogP contribution in [0.15, 0.2) is 35.8 Å². The lowest BCUT2D eigenvalue weighted by Gasteiger charge is -2.21. The van der Waals surface area contributed by atoms with E-state index in [1.807, 2.05) is 0 Å². The molecule has 1 aliphatic rings. The number of amides is 2. The summed E-state index contributed by atoms with van der Waals surface area (Å²) >= 11 is 0. The van der Waals surface area contributed by atoms with Gasteiger partial charge in [0.15, 0.2) is 0 Å². The monoisotopic (exact) mass is 406 g/mol. The van der Waals surface area contributed by atoms with Crippen molar-refractivity contribution in [3.8, 4) is 0 Å². The number of amidine groups is 1. The van der Waals surface area contributed by atoms with E-state index in [0.717, 1.165) is 6.34 Å². The Balaban J connectivity index is 2.07. The van der Waals surface area contributed by atoms with Crippen LogP contribution < -0.4 is 20.6 Å². The van der Waals surface area contributed by atoms with Crippen molar-refractivity contribution >= 4 is 36.1 Å². The molecule has 1 aliphatic heterocycles. The molecule has 0 bridgehead atoms. The van der Waals surface area contributed by atoms with Crippen LogP contribution in [0.25, 0.3) is 0 Å². The Morgan fingerprint density at radius 3 is 3.00 bits per heavy atom. The van der Waals surface area contributed by atoms with Crippen LogP contribution >= 0.6 is 0 Å². The lowest BCUT2D eigenvalue weighted by atomic mass is 10.2. The Hall–Kier alpha value is -3.47. The number of aliphatic imine (C=N–C) groups is 1. The van der Waals surface area contributed by atoms with Crippen molar-refractivity contribution in [2.45, 2.75) is 6.10 Å². The molecule has 1 unspecified atom stereocenters. The van der Waals surface area contributed by atoms with Crippen LogP contribution in [-0.4, -0.2) is 64.1 Å². The number of nitrogens with one attached hydrogen (secondary N) is 3. The first-order chi connectivity index (χ1) is 14.0. The molecule has 29 heavy (non-hydrogen) atoms. The molecule has 0 radical (unpaired) electrons. The second kappa shape index (κ2) is 10.8. The normalized spacial score (nSPS) is 16.2. The number of halogens is 1. The molecule has 1 saturated heterocycles. The minimum absolute atomic E-state index is 0.159. The molecular weight excluding hydrogens is 383 g/mol. The van der Waals surface area contributed by atoms with E-state index in [-0.39, 0.29) is 31.9 Å². The van der Waals surface area contributed by atoms with Crippen molar-refractivity contribution in [2.75, 3.05) is 43.1 Å². The molecule has 156 valence electrons. The van der Waals surface area contributed by atoms with Crippen molar-refractivity contribution < 1.29 is 23.6 Å². The van der Waals surface area contributed by atoms with Gasteiger partial charge < -0.3 is 15.0 Å². The molecule has 1 fully saturated rings. The van der Waals surface area contributed by atoms with Crippen LogP contribution in [0.3, 0.4) is 0 Å². The van der Waals surface area contributed by atoms with Crippen LogP contribution in [0.5, 0.6) is 0 Å². The lowest BCUT2D eigenvalue weighted by molar-refractivity contribution is -0.109. The molecule has 0 aromatic heterocycles. The molecule has 1 aromatic carbocycles. The van der Waals surface area contributed by atoms with Crippen molar-refractivity contribution in [1.29, 1.82) is 5.41 Å². The molecule has 0 saturated carbocycles. The predicted octanol–water partition coefficient (Wildman–Crippen LogP) is 1.05. The maximum Gasteiger partial charge on any atom is 0.414 e. The summed E-state index contributed by atoms with van der Waals surface area (Å²) in [6.45, 7) is 4.46. The van der Waals surface area contributed by atoms with Crippen molar-refractivity contribution in [3.63, 3.8) is 0 Å². The maximum atomic E-state index is 14.6. The fourth-order valence-electron chi connectivity index (χ4n) is 2.67. The molecule has 3 N–H and O–H groups in total. The van der Waals surface area contributed by atoms with E-state index in [1.54, 1.807) is 6.07 Å². The Kier molecular flexibility index (Phi) is 8.10. The van der Waals surface area contributed by atoms with Gasteiger partial charge in [-0.1, -0.05) is 6.58 Å². The van der Waals surface area contributed by atoms with Gasteiger partial charge in [-0.2, -0.15) is 0 Å². The highest BCUT2D eigenvalue weighted by atomic mass is 19.1. The second-order valence-electron chi connectivity index (χ2n) is 5.88. The van der Waals surface area contributed by atoms with Gasteiger partial charge in [0.2, 0.25) is 6.41 Å². The Morgan fingerprint density at radius 1 is 1.59 bits per heavy atom. The Labute approximate surface area is 167 Å². The van der Waals surface area contributed by atoms with E-state index in [4.69, 9.17) is 15.0 Å². The average Bonchev–Trinajstić information content (AvgIpc) is 3.09. The second-order valence-corrected chi connectivity index (χ2v) is 5.88. The van der Waals surface area contributed by atoms with Gasteiger partial charge in [-0.15, -0.1) is 0 Å². The van der Waals surface area contributed by atoms with Gasteiger partial charge in [0.25, 0.3) is 0 Å². The summed E-state index contributed by atoms with van der Waals surface area (Å²) in [7, 11) is 1.44. The number of ether oxygens (including phenoxy) is 1. The summed E-state index contributed by atoms with van der Waals surface area (Å²) in [6, 6.07) is 4.23. The molecule has 0 aliphatic carbocycles. The first-order valence-electron chi connectivity index (χ1n) is 8.71. The molecule has 10 nitrogen and oxygen atoms in total. The first-order valence-corrected chi connectivity index (χ1v) is 8.71. The van der Waals surface area contributed by atoms with Crippen LogP contribution in [0.4, 0.5) is 20.6 Å². The summed E-state index contributed by atoms with van der Waals surface area (Å²) in [4.78, 5) is 34.1. The number of hydroxylamine groups is 1. The van der Waals surface area contributed by atoms with Crippen LogP contribution in [0.1, 0.15) is 0 Å². The maximum absolute atomic E-state index is 14.6. The van der Waals surface area contributed by atoms with Gasteiger partial charge in [0.1, 0.15) is 17.8 Å². The summed E-state index contributed by atoms with van der Waals surface area (Å²) in [5, 5.41) is 9.89. The third-order valence-corrected chi connectivity index (χ3v) is 4.03. The first kappa shape index (κ1) is 21.8. The van der Waals surface area contributed by atoms with Gasteiger partial charge in [0, 0.05) is 13.1 Å². The summed E-state index contributed by atoms with van der Waals surface area (Å²) in [5.74, 6) is -0.210. The number of rotatable bonds is 11. The Morgan fingerprint density at radius 2 is 2.38 bits per heavy atom. The van der Waals surface area contributed by atoms with E-state index in [0.29, 0.717) is 17.9 Å². The standard InChI is InChI=1S/C18H23FN6O4/c1-3-17(23-28-2)22-9-14-10-25(18(27)29-14)13-4-5-16(15(19)8-13)24(11-20)7-6-21-12-26/h3-5,8,11-12,14,20H,1,6-7,9-10H2,2H3,(H,21,26)(H,22,23). The lowest BCUT2D eigenvalue weighted by Crippen LogP contribution is -2.31. The number of hydrogen-bond acceptors (Lipinski definition) is 6. The van der Waals surface area contributed by atoms with Crippen LogP contribution in [0.2, 0.25) is 0 Å². The van der Waals surface area contributed by atoms with Gasteiger partial charge in [-0.3, -0.25) is 24.9 Å². The minimum atomic E-state index is -0.607. The highest BCUT2D eigenvalue weighted by molar-refractivity contribution is 5.92. The fourth-order valence-corrected chi connectivity index (χ4v) is 2.67. The summed E-state index contributed by atoms with van der Waals surface area (Å²) in [5.41, 5.74) is 3.03. The molecule has 1 heterocycles. The summed E-state index contributed by atoms with van der Waals surface area (Å²) < 4.78 is 19.9. The highest BCUT2D eigenvalue weighted by Crippen LogP contribution is 2.27. The number of anilines is 2. The molecule has 2 rings (SSSR count).